The van der Waals surface area contributed by atoms with E-state index in [0.717, 1.165) is 15.3 Å². The van der Waals surface area contributed by atoms with Gasteiger partial charge in [-0.3, -0.25) is 0 Å². The number of rotatable bonds is 2. The fourth-order valence-corrected chi connectivity index (χ4v) is 2.36. The maximum atomic E-state index is 5.75. The highest BCUT2D eigenvalue weighted by Gasteiger charge is 2.03. The van der Waals surface area contributed by atoms with Crippen molar-refractivity contribution in [2.75, 3.05) is 5.32 Å². The fourth-order valence-electron chi connectivity index (χ4n) is 1.16. The molecule has 15 heavy (non-hydrogen) atoms. The van der Waals surface area contributed by atoms with E-state index >= 15 is 0 Å². The lowest BCUT2D eigenvalue weighted by Gasteiger charge is -2.06. The van der Waals surface area contributed by atoms with Gasteiger partial charge in [-0.25, -0.2) is 4.98 Å². The van der Waals surface area contributed by atoms with Gasteiger partial charge in [-0.05, 0) is 40.5 Å². The minimum absolute atomic E-state index is 0.520. The van der Waals surface area contributed by atoms with E-state index in [2.05, 4.69) is 32.3 Å². The predicted octanol–water partition coefficient (Wildman–Crippen LogP) is 4.61. The number of aryl methyl sites for hydroxylation is 1. The third kappa shape index (κ3) is 2.71. The molecule has 0 amide bonds. The van der Waals surface area contributed by atoms with Crippen LogP contribution in [0.5, 0.6) is 0 Å². The molecule has 0 fully saturated rings. The molecule has 0 unspecified atom stereocenters. The van der Waals surface area contributed by atoms with Crippen LogP contribution in [0.3, 0.4) is 0 Å². The molecule has 0 saturated carbocycles. The van der Waals surface area contributed by atoms with Crippen LogP contribution >= 0.6 is 38.9 Å². The van der Waals surface area contributed by atoms with E-state index in [1.54, 1.807) is 5.38 Å². The van der Waals surface area contributed by atoms with Gasteiger partial charge in [0.15, 0.2) is 5.13 Å². The summed E-state index contributed by atoms with van der Waals surface area (Å²) in [7, 11) is 0. The first-order valence-electron chi connectivity index (χ1n) is 4.29. The van der Waals surface area contributed by atoms with Crippen molar-refractivity contribution in [1.29, 1.82) is 0 Å². The molecule has 5 heteroatoms. The molecule has 1 aromatic heterocycles. The van der Waals surface area contributed by atoms with Gasteiger partial charge in [0.05, 0.1) is 5.69 Å². The van der Waals surface area contributed by atoms with Crippen LogP contribution in [0.1, 0.15) is 5.56 Å². The SMILES string of the molecule is Cc1ccc(Br)c(Nc2nc(Cl)cs2)c1. The molecule has 0 aliphatic carbocycles. The first kappa shape index (κ1) is 10.9. The molecule has 0 aliphatic heterocycles. The number of thiazole rings is 1. The van der Waals surface area contributed by atoms with Gasteiger partial charge in [-0.2, -0.15) is 0 Å². The normalized spacial score (nSPS) is 10.3. The van der Waals surface area contributed by atoms with Crippen molar-refractivity contribution >= 4 is 49.7 Å². The Kier molecular flexibility index (Phi) is 3.29. The number of halogens is 2. The van der Waals surface area contributed by atoms with Crippen molar-refractivity contribution in [2.45, 2.75) is 6.92 Å². The summed E-state index contributed by atoms with van der Waals surface area (Å²) in [5, 5.41) is 6.33. The Hall–Kier alpha value is -0.580. The molecule has 78 valence electrons. The first-order chi connectivity index (χ1) is 7.15. The summed E-state index contributed by atoms with van der Waals surface area (Å²) in [4.78, 5) is 4.13. The summed E-state index contributed by atoms with van der Waals surface area (Å²) in [6.45, 7) is 2.05. The second-order valence-corrected chi connectivity index (χ2v) is 5.18. The number of benzene rings is 1. The van der Waals surface area contributed by atoms with E-state index in [4.69, 9.17) is 11.6 Å². The van der Waals surface area contributed by atoms with Crippen LogP contribution in [0.15, 0.2) is 28.1 Å². The van der Waals surface area contributed by atoms with Gasteiger partial charge in [0.1, 0.15) is 5.15 Å². The lowest BCUT2D eigenvalue weighted by molar-refractivity contribution is 1.37. The second kappa shape index (κ2) is 4.51. The van der Waals surface area contributed by atoms with E-state index in [0.29, 0.717) is 5.15 Å². The largest absolute Gasteiger partial charge is 0.331 e. The van der Waals surface area contributed by atoms with Gasteiger partial charge in [0, 0.05) is 9.85 Å². The van der Waals surface area contributed by atoms with Crippen molar-refractivity contribution in [3.63, 3.8) is 0 Å². The third-order valence-corrected chi connectivity index (χ3v) is 3.61. The quantitative estimate of drug-likeness (QED) is 0.876. The Bertz CT molecular complexity index is 484. The molecule has 1 aromatic carbocycles. The number of aromatic nitrogens is 1. The molecule has 0 radical (unpaired) electrons. The Morgan fingerprint density at radius 2 is 2.27 bits per heavy atom. The van der Waals surface area contributed by atoms with Crippen molar-refractivity contribution in [3.8, 4) is 0 Å². The van der Waals surface area contributed by atoms with Gasteiger partial charge in [-0.15, -0.1) is 11.3 Å². The van der Waals surface area contributed by atoms with E-state index in [1.807, 2.05) is 19.1 Å². The van der Waals surface area contributed by atoms with Gasteiger partial charge in [0.2, 0.25) is 0 Å². The Morgan fingerprint density at radius 1 is 1.47 bits per heavy atom. The van der Waals surface area contributed by atoms with Crippen LogP contribution in [-0.4, -0.2) is 4.98 Å². The Morgan fingerprint density at radius 3 is 2.93 bits per heavy atom. The molecule has 0 spiro atoms. The highest BCUT2D eigenvalue weighted by Crippen LogP contribution is 2.29. The zero-order valence-electron chi connectivity index (χ0n) is 7.92. The topological polar surface area (TPSA) is 24.9 Å². The van der Waals surface area contributed by atoms with E-state index in [1.165, 1.54) is 16.9 Å². The van der Waals surface area contributed by atoms with Crippen LogP contribution in [-0.2, 0) is 0 Å². The summed E-state index contributed by atoms with van der Waals surface area (Å²) in [5.74, 6) is 0. The minimum Gasteiger partial charge on any atom is -0.331 e. The Labute approximate surface area is 105 Å². The van der Waals surface area contributed by atoms with Gasteiger partial charge in [0.25, 0.3) is 0 Å². The lowest BCUT2D eigenvalue weighted by Crippen LogP contribution is -1.91. The van der Waals surface area contributed by atoms with Crippen molar-refractivity contribution in [1.82, 2.24) is 4.98 Å². The first-order valence-corrected chi connectivity index (χ1v) is 6.34. The zero-order chi connectivity index (χ0) is 10.8. The summed E-state index contributed by atoms with van der Waals surface area (Å²) in [5.41, 5.74) is 2.20. The smallest absolute Gasteiger partial charge is 0.188 e. The van der Waals surface area contributed by atoms with Crippen molar-refractivity contribution < 1.29 is 0 Å². The lowest BCUT2D eigenvalue weighted by atomic mass is 10.2. The van der Waals surface area contributed by atoms with Crippen LogP contribution in [0.2, 0.25) is 5.15 Å². The van der Waals surface area contributed by atoms with Gasteiger partial charge >= 0.3 is 0 Å². The standard InChI is InChI=1S/C10H8BrClN2S/c1-6-2-3-7(11)8(4-6)13-10-14-9(12)5-15-10/h2-5H,1H3,(H,13,14). The molecular weight excluding hydrogens is 296 g/mol. The molecule has 0 atom stereocenters. The zero-order valence-corrected chi connectivity index (χ0v) is 11.1. The average Bonchev–Trinajstić information content (AvgIpc) is 2.58. The summed E-state index contributed by atoms with van der Waals surface area (Å²) in [6.07, 6.45) is 0. The summed E-state index contributed by atoms with van der Waals surface area (Å²) >= 11 is 10.7. The third-order valence-electron chi connectivity index (χ3n) is 1.84. The maximum absolute atomic E-state index is 5.75. The molecular formula is C10H8BrClN2S. The molecule has 2 rings (SSSR count). The maximum Gasteiger partial charge on any atom is 0.188 e. The van der Waals surface area contributed by atoms with E-state index in [9.17, 15) is 0 Å². The summed E-state index contributed by atoms with van der Waals surface area (Å²) < 4.78 is 1.01. The number of nitrogens with zero attached hydrogens (tertiary/aromatic N) is 1. The number of nitrogens with one attached hydrogen (secondary N) is 1. The predicted molar refractivity (Wildman–Crippen MR) is 69.3 cm³/mol. The van der Waals surface area contributed by atoms with Crippen LogP contribution in [0.4, 0.5) is 10.8 Å². The monoisotopic (exact) mass is 302 g/mol. The molecule has 2 nitrogen and oxygen atoms in total. The minimum atomic E-state index is 0.520. The van der Waals surface area contributed by atoms with Gasteiger partial charge < -0.3 is 5.32 Å². The van der Waals surface area contributed by atoms with E-state index < -0.39 is 0 Å². The fraction of sp³-hybridized carbons (Fsp3) is 0.100. The van der Waals surface area contributed by atoms with Crippen molar-refractivity contribution in [3.05, 3.63) is 38.8 Å². The number of anilines is 2. The molecule has 2 aromatic rings. The highest BCUT2D eigenvalue weighted by molar-refractivity contribution is 9.10. The molecule has 1 N–H and O–H groups in total. The number of hydrogen-bond donors (Lipinski definition) is 1. The Balaban J connectivity index is 2.27. The van der Waals surface area contributed by atoms with Crippen molar-refractivity contribution in [2.24, 2.45) is 0 Å². The average molecular weight is 304 g/mol. The molecule has 1 heterocycles. The highest BCUT2D eigenvalue weighted by atomic mass is 79.9. The second-order valence-electron chi connectivity index (χ2n) is 3.08. The van der Waals surface area contributed by atoms with Crippen LogP contribution in [0.25, 0.3) is 0 Å². The molecule has 0 bridgehead atoms. The van der Waals surface area contributed by atoms with Gasteiger partial charge in [-0.1, -0.05) is 17.7 Å². The van der Waals surface area contributed by atoms with Crippen LogP contribution in [0, 0.1) is 6.92 Å². The summed E-state index contributed by atoms with van der Waals surface area (Å²) in [6, 6.07) is 6.11. The molecule has 0 aliphatic rings. The van der Waals surface area contributed by atoms with E-state index in [-0.39, 0.29) is 0 Å². The molecule has 0 saturated heterocycles. The number of hydrogen-bond acceptors (Lipinski definition) is 3. The van der Waals surface area contributed by atoms with Crippen LogP contribution < -0.4 is 5.32 Å².